The summed E-state index contributed by atoms with van der Waals surface area (Å²) < 4.78 is 0. The third-order valence-electron chi connectivity index (χ3n) is 4.68. The maximum Gasteiger partial charge on any atom is 0.303 e. The van der Waals surface area contributed by atoms with E-state index < -0.39 is 5.97 Å². The number of likely N-dealkylation sites (tertiary alicyclic amines) is 2. The van der Waals surface area contributed by atoms with E-state index in [1.807, 2.05) is 0 Å². The van der Waals surface area contributed by atoms with Gasteiger partial charge < -0.3 is 14.9 Å². The van der Waals surface area contributed by atoms with E-state index in [0.717, 1.165) is 25.4 Å². The Morgan fingerprint density at radius 2 is 1.70 bits per heavy atom. The van der Waals surface area contributed by atoms with Crippen LogP contribution < -0.4 is 0 Å². The molecule has 0 spiro atoms. The van der Waals surface area contributed by atoms with Crippen molar-refractivity contribution in [2.75, 3.05) is 39.3 Å². The van der Waals surface area contributed by atoms with Gasteiger partial charge in [0, 0.05) is 19.5 Å². The Kier molecular flexibility index (Phi) is 6.80. The molecule has 2 aliphatic heterocycles. The minimum atomic E-state index is -0.664. The van der Waals surface area contributed by atoms with Crippen LogP contribution in [0.3, 0.4) is 0 Å². The molecule has 0 bridgehead atoms. The predicted molar refractivity (Wildman–Crippen MR) is 80.9 cm³/mol. The van der Waals surface area contributed by atoms with Crippen molar-refractivity contribution in [3.8, 4) is 0 Å². The summed E-state index contributed by atoms with van der Waals surface area (Å²) in [7, 11) is 0. The number of carboxylic acid groups (broad SMARTS) is 1. The lowest BCUT2D eigenvalue weighted by molar-refractivity contribution is -0.137. The maximum atomic E-state index is 10.6. The third kappa shape index (κ3) is 5.80. The molecule has 0 aromatic carbocycles. The van der Waals surface area contributed by atoms with Crippen LogP contribution in [0.4, 0.5) is 0 Å². The van der Waals surface area contributed by atoms with E-state index in [2.05, 4.69) is 9.80 Å². The summed E-state index contributed by atoms with van der Waals surface area (Å²) in [6.45, 7) is 7.13. The molecule has 0 radical (unpaired) electrons. The molecule has 2 saturated heterocycles. The molecule has 2 rings (SSSR count). The van der Waals surface area contributed by atoms with Crippen LogP contribution in [-0.2, 0) is 4.79 Å². The second-order valence-corrected chi connectivity index (χ2v) is 6.52. The normalized spacial score (nSPS) is 26.3. The van der Waals surface area contributed by atoms with Crippen molar-refractivity contribution in [1.29, 1.82) is 0 Å². The monoisotopic (exact) mass is 282 g/mol. The molecule has 0 aromatic rings. The molecular weight excluding hydrogens is 252 g/mol. The Bertz CT molecular complexity index is 288. The summed E-state index contributed by atoms with van der Waals surface area (Å²) in [5, 5.41) is 8.71. The summed E-state index contributed by atoms with van der Waals surface area (Å²) >= 11 is 0. The smallest absolute Gasteiger partial charge is 0.303 e. The number of hydrogen-bond donors (Lipinski definition) is 1. The Balaban J connectivity index is 1.68. The van der Waals surface area contributed by atoms with E-state index in [1.54, 1.807) is 0 Å². The number of carboxylic acids is 1. The predicted octanol–water partition coefficient (Wildman–Crippen LogP) is 2.44. The van der Waals surface area contributed by atoms with Gasteiger partial charge in [-0.15, -0.1) is 0 Å². The molecule has 20 heavy (non-hydrogen) atoms. The van der Waals surface area contributed by atoms with Gasteiger partial charge in [0.15, 0.2) is 0 Å². The highest BCUT2D eigenvalue weighted by Crippen LogP contribution is 2.20. The Morgan fingerprint density at radius 1 is 1.00 bits per heavy atom. The number of aliphatic carboxylic acids is 1. The highest BCUT2D eigenvalue weighted by atomic mass is 16.4. The molecule has 0 unspecified atom stereocenters. The molecule has 0 amide bonds. The van der Waals surface area contributed by atoms with Gasteiger partial charge in [-0.2, -0.15) is 0 Å². The molecule has 4 nitrogen and oxygen atoms in total. The molecule has 0 aromatic heterocycles. The molecule has 0 saturated carbocycles. The van der Waals surface area contributed by atoms with Gasteiger partial charge in [0.25, 0.3) is 0 Å². The number of rotatable bonds is 6. The molecule has 116 valence electrons. The van der Waals surface area contributed by atoms with Crippen LogP contribution in [0.25, 0.3) is 0 Å². The van der Waals surface area contributed by atoms with Crippen molar-refractivity contribution >= 4 is 5.97 Å². The van der Waals surface area contributed by atoms with Crippen LogP contribution in [0.1, 0.15) is 51.4 Å². The van der Waals surface area contributed by atoms with E-state index in [9.17, 15) is 4.79 Å². The van der Waals surface area contributed by atoms with Gasteiger partial charge >= 0.3 is 5.97 Å². The van der Waals surface area contributed by atoms with Crippen LogP contribution in [-0.4, -0.2) is 60.1 Å². The molecule has 1 N–H and O–H groups in total. The standard InChI is InChI=1S/C16H30N2O2/c19-16(20)8-6-12-18-11-5-7-15(14-18)13-17-9-3-1-2-4-10-17/h15H,1-14H2,(H,19,20)/t15-/m1/s1. The van der Waals surface area contributed by atoms with Gasteiger partial charge in [0.05, 0.1) is 0 Å². The highest BCUT2D eigenvalue weighted by Gasteiger charge is 2.22. The number of hydrogen-bond acceptors (Lipinski definition) is 3. The highest BCUT2D eigenvalue weighted by molar-refractivity contribution is 5.66. The van der Waals surface area contributed by atoms with Gasteiger partial charge in [-0.05, 0) is 64.2 Å². The molecule has 0 aliphatic carbocycles. The Labute approximate surface area is 123 Å². The quantitative estimate of drug-likeness (QED) is 0.812. The van der Waals surface area contributed by atoms with E-state index in [4.69, 9.17) is 5.11 Å². The van der Waals surface area contributed by atoms with Gasteiger partial charge in [-0.3, -0.25) is 4.79 Å². The fourth-order valence-corrected chi connectivity index (χ4v) is 3.64. The van der Waals surface area contributed by atoms with Gasteiger partial charge in [-0.25, -0.2) is 0 Å². The fourth-order valence-electron chi connectivity index (χ4n) is 3.64. The minimum Gasteiger partial charge on any atom is -0.481 e. The summed E-state index contributed by atoms with van der Waals surface area (Å²) in [6, 6.07) is 0. The third-order valence-corrected chi connectivity index (χ3v) is 4.68. The van der Waals surface area contributed by atoms with Crippen LogP contribution >= 0.6 is 0 Å². The first-order valence-electron chi connectivity index (χ1n) is 8.40. The zero-order valence-electron chi connectivity index (χ0n) is 12.7. The van der Waals surface area contributed by atoms with Crippen LogP contribution in [0, 0.1) is 5.92 Å². The van der Waals surface area contributed by atoms with Crippen molar-refractivity contribution in [3.63, 3.8) is 0 Å². The van der Waals surface area contributed by atoms with E-state index >= 15 is 0 Å². The van der Waals surface area contributed by atoms with E-state index in [0.29, 0.717) is 6.42 Å². The first-order valence-corrected chi connectivity index (χ1v) is 8.40. The zero-order valence-corrected chi connectivity index (χ0v) is 12.7. The molecular formula is C16H30N2O2. The molecule has 4 heteroatoms. The first kappa shape index (κ1) is 15.8. The van der Waals surface area contributed by atoms with Crippen LogP contribution in [0.15, 0.2) is 0 Å². The fraction of sp³-hybridized carbons (Fsp3) is 0.938. The summed E-state index contributed by atoms with van der Waals surface area (Å²) in [6.07, 6.45) is 9.30. The Hall–Kier alpha value is -0.610. The first-order chi connectivity index (χ1) is 9.74. The topological polar surface area (TPSA) is 43.8 Å². The molecule has 2 fully saturated rings. The van der Waals surface area contributed by atoms with Crippen molar-refractivity contribution in [1.82, 2.24) is 9.80 Å². The number of carbonyl (C=O) groups is 1. The van der Waals surface area contributed by atoms with Crippen LogP contribution in [0.2, 0.25) is 0 Å². The van der Waals surface area contributed by atoms with Crippen molar-refractivity contribution in [3.05, 3.63) is 0 Å². The summed E-state index contributed by atoms with van der Waals surface area (Å²) in [5.74, 6) is 0.134. The van der Waals surface area contributed by atoms with Crippen molar-refractivity contribution < 1.29 is 9.90 Å². The van der Waals surface area contributed by atoms with E-state index in [1.165, 1.54) is 64.7 Å². The Morgan fingerprint density at radius 3 is 2.40 bits per heavy atom. The lowest BCUT2D eigenvalue weighted by atomic mass is 9.97. The van der Waals surface area contributed by atoms with Gasteiger partial charge in [-0.1, -0.05) is 12.8 Å². The minimum absolute atomic E-state index is 0.313. The second kappa shape index (κ2) is 8.63. The largest absolute Gasteiger partial charge is 0.481 e. The summed E-state index contributed by atoms with van der Waals surface area (Å²) in [5.41, 5.74) is 0. The maximum absolute atomic E-state index is 10.6. The molecule has 2 aliphatic rings. The van der Waals surface area contributed by atoms with Crippen molar-refractivity contribution in [2.24, 2.45) is 5.92 Å². The lowest BCUT2D eigenvalue weighted by Gasteiger charge is -2.35. The summed E-state index contributed by atoms with van der Waals surface area (Å²) in [4.78, 5) is 15.7. The lowest BCUT2D eigenvalue weighted by Crippen LogP contribution is -2.41. The van der Waals surface area contributed by atoms with Gasteiger partial charge in [0.1, 0.15) is 0 Å². The van der Waals surface area contributed by atoms with Gasteiger partial charge in [0.2, 0.25) is 0 Å². The average Bonchev–Trinajstić information content (AvgIpc) is 2.67. The zero-order chi connectivity index (χ0) is 14.2. The van der Waals surface area contributed by atoms with Crippen molar-refractivity contribution in [2.45, 2.75) is 51.4 Å². The number of nitrogens with zero attached hydrogens (tertiary/aromatic N) is 2. The average molecular weight is 282 g/mol. The molecule has 2 heterocycles. The van der Waals surface area contributed by atoms with Crippen LogP contribution in [0.5, 0.6) is 0 Å². The SMILES string of the molecule is O=C(O)CCCN1CCC[C@H](CN2CCCCCC2)C1. The second-order valence-electron chi connectivity index (χ2n) is 6.52. The molecule has 1 atom stereocenters. The number of piperidine rings is 1. The van der Waals surface area contributed by atoms with E-state index in [-0.39, 0.29) is 0 Å².